The number of nitrogens with zero attached hydrogens (tertiary/aromatic N) is 2. The first-order chi connectivity index (χ1) is 7.77. The molecule has 1 atom stereocenters. The van der Waals surface area contributed by atoms with Gasteiger partial charge in [0.2, 0.25) is 0 Å². The van der Waals surface area contributed by atoms with Crippen LogP contribution < -0.4 is 5.32 Å². The second-order valence-electron chi connectivity index (χ2n) is 4.75. The fourth-order valence-electron chi connectivity index (χ4n) is 2.16. The van der Waals surface area contributed by atoms with Gasteiger partial charge < -0.3 is 9.88 Å². The van der Waals surface area contributed by atoms with Crippen LogP contribution in [0.3, 0.4) is 0 Å². The monoisotopic (exact) mass is 219 g/mol. The molecule has 3 heteroatoms. The first-order valence-corrected chi connectivity index (χ1v) is 6.14. The van der Waals surface area contributed by atoms with Gasteiger partial charge in [0.15, 0.2) is 0 Å². The minimum Gasteiger partial charge on any atom is -0.329 e. The van der Waals surface area contributed by atoms with Crippen LogP contribution in [-0.2, 0) is 6.54 Å². The molecule has 0 amide bonds. The molecule has 0 spiro atoms. The van der Waals surface area contributed by atoms with Gasteiger partial charge in [-0.2, -0.15) is 0 Å². The third kappa shape index (κ3) is 2.73. The molecule has 0 saturated carbocycles. The van der Waals surface area contributed by atoms with E-state index in [4.69, 9.17) is 0 Å². The summed E-state index contributed by atoms with van der Waals surface area (Å²) in [4.78, 5) is 4.27. The second kappa shape index (κ2) is 5.30. The maximum absolute atomic E-state index is 4.27. The Morgan fingerprint density at radius 3 is 3.12 bits per heavy atom. The quantitative estimate of drug-likeness (QED) is 0.792. The molecule has 88 valence electrons. The largest absolute Gasteiger partial charge is 0.329 e. The zero-order valence-electron chi connectivity index (χ0n) is 10.2. The van der Waals surface area contributed by atoms with Crippen molar-refractivity contribution in [3.05, 3.63) is 29.9 Å². The van der Waals surface area contributed by atoms with Crippen molar-refractivity contribution in [2.45, 2.75) is 45.7 Å². The van der Waals surface area contributed by atoms with Gasteiger partial charge in [0.25, 0.3) is 0 Å². The topological polar surface area (TPSA) is 29.9 Å². The molecule has 2 heterocycles. The van der Waals surface area contributed by atoms with Crippen molar-refractivity contribution in [1.29, 1.82) is 0 Å². The molecule has 2 rings (SSSR count). The maximum atomic E-state index is 4.27. The van der Waals surface area contributed by atoms with E-state index in [-0.39, 0.29) is 0 Å². The van der Waals surface area contributed by atoms with E-state index in [0.29, 0.717) is 6.04 Å². The van der Waals surface area contributed by atoms with E-state index in [1.165, 1.54) is 30.5 Å². The van der Waals surface area contributed by atoms with Crippen molar-refractivity contribution in [2.24, 2.45) is 0 Å². The number of allylic oxidation sites excluding steroid dienone is 2. The number of aromatic nitrogens is 2. The van der Waals surface area contributed by atoms with E-state index in [0.717, 1.165) is 13.1 Å². The van der Waals surface area contributed by atoms with Crippen molar-refractivity contribution in [3.8, 4) is 0 Å². The number of imidazole rings is 1. The molecule has 0 aromatic carbocycles. The van der Waals surface area contributed by atoms with Crippen LogP contribution in [0.2, 0.25) is 0 Å². The molecular weight excluding hydrogens is 198 g/mol. The minimum atomic E-state index is 0.502. The average Bonchev–Trinajstić information content (AvgIpc) is 2.75. The van der Waals surface area contributed by atoms with E-state index < -0.39 is 0 Å². The lowest BCUT2D eigenvalue weighted by atomic mass is 10.0. The van der Waals surface area contributed by atoms with Crippen LogP contribution in [0.25, 0.3) is 0 Å². The lowest BCUT2D eigenvalue weighted by Crippen LogP contribution is -2.28. The highest BCUT2D eigenvalue weighted by Gasteiger charge is 2.17. The highest BCUT2D eigenvalue weighted by molar-refractivity contribution is 5.08. The standard InChI is InChI=1S/C13H21N3/c1-11(2)6-8-16-10-14-9-13(16)12-5-3-4-7-15-12/h6,9-10,12,15H,3-5,7-8H2,1-2H3. The molecule has 1 aliphatic rings. The molecule has 1 fully saturated rings. The van der Waals surface area contributed by atoms with Gasteiger partial charge in [-0.3, -0.25) is 0 Å². The fourth-order valence-corrected chi connectivity index (χ4v) is 2.16. The van der Waals surface area contributed by atoms with Gasteiger partial charge in [-0.1, -0.05) is 18.1 Å². The fraction of sp³-hybridized carbons (Fsp3) is 0.615. The Balaban J connectivity index is 2.08. The molecule has 1 aromatic heterocycles. The highest BCUT2D eigenvalue weighted by Crippen LogP contribution is 2.22. The normalized spacial score (nSPS) is 20.8. The summed E-state index contributed by atoms with van der Waals surface area (Å²) >= 11 is 0. The highest BCUT2D eigenvalue weighted by atomic mass is 15.1. The Morgan fingerprint density at radius 1 is 1.56 bits per heavy atom. The average molecular weight is 219 g/mol. The Hall–Kier alpha value is -1.09. The molecule has 1 N–H and O–H groups in total. The van der Waals surface area contributed by atoms with E-state index in [2.05, 4.69) is 34.8 Å². The zero-order valence-corrected chi connectivity index (χ0v) is 10.2. The molecule has 1 aliphatic heterocycles. The van der Waals surface area contributed by atoms with Gasteiger partial charge in [0.05, 0.1) is 12.0 Å². The van der Waals surface area contributed by atoms with Crippen molar-refractivity contribution < 1.29 is 0 Å². The van der Waals surface area contributed by atoms with Crippen LogP contribution in [-0.4, -0.2) is 16.1 Å². The first kappa shape index (κ1) is 11.4. The van der Waals surface area contributed by atoms with E-state index >= 15 is 0 Å². The molecular formula is C13H21N3. The van der Waals surface area contributed by atoms with E-state index in [1.807, 2.05) is 12.5 Å². The van der Waals surface area contributed by atoms with Gasteiger partial charge in [0, 0.05) is 18.8 Å². The van der Waals surface area contributed by atoms with Crippen LogP contribution in [0.1, 0.15) is 44.8 Å². The van der Waals surface area contributed by atoms with Crippen molar-refractivity contribution in [3.63, 3.8) is 0 Å². The Labute approximate surface area is 97.6 Å². The Bertz CT molecular complexity index is 355. The van der Waals surface area contributed by atoms with Crippen LogP contribution in [0.5, 0.6) is 0 Å². The molecule has 3 nitrogen and oxygen atoms in total. The molecule has 16 heavy (non-hydrogen) atoms. The summed E-state index contributed by atoms with van der Waals surface area (Å²) in [6, 6.07) is 0.502. The van der Waals surface area contributed by atoms with Crippen LogP contribution in [0.4, 0.5) is 0 Å². The zero-order chi connectivity index (χ0) is 11.4. The molecule has 1 saturated heterocycles. The number of rotatable bonds is 3. The molecule has 0 radical (unpaired) electrons. The summed E-state index contributed by atoms with van der Waals surface area (Å²) in [5.41, 5.74) is 2.69. The van der Waals surface area contributed by atoms with Gasteiger partial charge >= 0.3 is 0 Å². The second-order valence-corrected chi connectivity index (χ2v) is 4.75. The lowest BCUT2D eigenvalue weighted by molar-refractivity contribution is 0.396. The van der Waals surface area contributed by atoms with Crippen molar-refractivity contribution in [1.82, 2.24) is 14.9 Å². The summed E-state index contributed by atoms with van der Waals surface area (Å²) in [6.45, 7) is 6.35. The van der Waals surface area contributed by atoms with Gasteiger partial charge in [-0.15, -0.1) is 0 Å². The van der Waals surface area contributed by atoms with Gasteiger partial charge in [0.1, 0.15) is 0 Å². The number of nitrogens with one attached hydrogen (secondary N) is 1. The lowest BCUT2D eigenvalue weighted by Gasteiger charge is -2.24. The first-order valence-electron chi connectivity index (χ1n) is 6.14. The molecule has 1 aromatic rings. The van der Waals surface area contributed by atoms with E-state index in [9.17, 15) is 0 Å². The summed E-state index contributed by atoms with van der Waals surface area (Å²) in [5.74, 6) is 0. The maximum Gasteiger partial charge on any atom is 0.0951 e. The summed E-state index contributed by atoms with van der Waals surface area (Å²) in [5, 5.41) is 3.57. The molecule has 0 bridgehead atoms. The van der Waals surface area contributed by atoms with Gasteiger partial charge in [-0.25, -0.2) is 4.98 Å². The Kier molecular flexibility index (Phi) is 3.78. The number of hydrogen-bond donors (Lipinski definition) is 1. The Morgan fingerprint density at radius 2 is 2.44 bits per heavy atom. The third-order valence-corrected chi connectivity index (χ3v) is 3.11. The predicted molar refractivity (Wildman–Crippen MR) is 66.3 cm³/mol. The number of hydrogen-bond acceptors (Lipinski definition) is 2. The van der Waals surface area contributed by atoms with Crippen molar-refractivity contribution in [2.75, 3.05) is 6.54 Å². The summed E-state index contributed by atoms with van der Waals surface area (Å²) in [7, 11) is 0. The van der Waals surface area contributed by atoms with Crippen LogP contribution in [0.15, 0.2) is 24.2 Å². The molecule has 1 unspecified atom stereocenters. The van der Waals surface area contributed by atoms with Crippen LogP contribution in [0, 0.1) is 0 Å². The third-order valence-electron chi connectivity index (χ3n) is 3.11. The summed E-state index contributed by atoms with van der Waals surface area (Å²) in [6.07, 6.45) is 10.0. The predicted octanol–water partition coefficient (Wildman–Crippen LogP) is 2.66. The van der Waals surface area contributed by atoms with Crippen LogP contribution >= 0.6 is 0 Å². The van der Waals surface area contributed by atoms with E-state index in [1.54, 1.807) is 0 Å². The minimum absolute atomic E-state index is 0.502. The summed E-state index contributed by atoms with van der Waals surface area (Å²) < 4.78 is 2.25. The SMILES string of the molecule is CC(C)=CCn1cncc1C1CCCCN1. The van der Waals surface area contributed by atoms with Crippen molar-refractivity contribution >= 4 is 0 Å². The number of piperidine rings is 1. The molecule has 0 aliphatic carbocycles. The smallest absolute Gasteiger partial charge is 0.0951 e. The van der Waals surface area contributed by atoms with Gasteiger partial charge in [-0.05, 0) is 33.2 Å².